The van der Waals surface area contributed by atoms with Gasteiger partial charge >= 0.3 is 0 Å². The standard InChI is InChI=1S/C11H20N2O/c1-8(9-4-2-3-5-9)13-10-6-7-12-11(10)14/h8-10,13H,2-7H2,1H3,(H,12,14). The van der Waals surface area contributed by atoms with Crippen LogP contribution in [-0.2, 0) is 4.79 Å². The van der Waals surface area contributed by atoms with Gasteiger partial charge in [-0.3, -0.25) is 4.79 Å². The van der Waals surface area contributed by atoms with E-state index in [1.807, 2.05) is 0 Å². The van der Waals surface area contributed by atoms with Crippen molar-refractivity contribution in [3.05, 3.63) is 0 Å². The molecule has 0 radical (unpaired) electrons. The lowest BCUT2D eigenvalue weighted by atomic mass is 9.99. The minimum atomic E-state index is 0.0746. The molecular formula is C11H20N2O. The van der Waals surface area contributed by atoms with Crippen LogP contribution in [0.4, 0.5) is 0 Å². The molecule has 0 bridgehead atoms. The van der Waals surface area contributed by atoms with Crippen LogP contribution in [0.2, 0.25) is 0 Å². The molecule has 0 aromatic rings. The zero-order chi connectivity index (χ0) is 9.97. The molecule has 2 N–H and O–H groups in total. The van der Waals surface area contributed by atoms with Crippen molar-refractivity contribution in [2.24, 2.45) is 5.92 Å². The quantitative estimate of drug-likeness (QED) is 0.708. The van der Waals surface area contributed by atoms with Gasteiger partial charge in [0.05, 0.1) is 6.04 Å². The van der Waals surface area contributed by atoms with Gasteiger partial charge in [0.25, 0.3) is 0 Å². The van der Waals surface area contributed by atoms with Gasteiger partial charge in [0.15, 0.2) is 0 Å². The van der Waals surface area contributed by atoms with E-state index in [9.17, 15) is 4.79 Å². The molecule has 1 saturated carbocycles. The molecule has 1 aliphatic carbocycles. The van der Waals surface area contributed by atoms with Crippen LogP contribution in [0.5, 0.6) is 0 Å². The van der Waals surface area contributed by atoms with Gasteiger partial charge in [-0.2, -0.15) is 0 Å². The lowest BCUT2D eigenvalue weighted by Gasteiger charge is -2.23. The molecular weight excluding hydrogens is 176 g/mol. The number of carbonyl (C=O) groups excluding carboxylic acids is 1. The normalized spacial score (nSPS) is 30.6. The van der Waals surface area contributed by atoms with Crippen molar-refractivity contribution >= 4 is 5.91 Å². The molecule has 1 saturated heterocycles. The van der Waals surface area contributed by atoms with Crippen molar-refractivity contribution in [2.75, 3.05) is 6.54 Å². The van der Waals surface area contributed by atoms with E-state index in [-0.39, 0.29) is 11.9 Å². The Kier molecular flexibility index (Phi) is 3.06. The third-order valence-corrected chi connectivity index (χ3v) is 3.62. The first kappa shape index (κ1) is 9.97. The van der Waals surface area contributed by atoms with Crippen LogP contribution in [0, 0.1) is 5.92 Å². The lowest BCUT2D eigenvalue weighted by Crippen LogP contribution is -2.44. The number of amides is 1. The van der Waals surface area contributed by atoms with Gasteiger partial charge in [0, 0.05) is 12.6 Å². The molecule has 2 aliphatic rings. The Morgan fingerprint density at radius 1 is 1.36 bits per heavy atom. The third kappa shape index (κ3) is 2.08. The summed E-state index contributed by atoms with van der Waals surface area (Å²) in [5, 5.41) is 6.32. The summed E-state index contributed by atoms with van der Waals surface area (Å²) in [4.78, 5) is 11.4. The maximum Gasteiger partial charge on any atom is 0.237 e. The summed E-state index contributed by atoms with van der Waals surface area (Å²) < 4.78 is 0. The van der Waals surface area contributed by atoms with Crippen LogP contribution in [-0.4, -0.2) is 24.5 Å². The smallest absolute Gasteiger partial charge is 0.237 e. The molecule has 1 heterocycles. The highest BCUT2D eigenvalue weighted by atomic mass is 16.2. The molecule has 80 valence electrons. The van der Waals surface area contributed by atoms with Gasteiger partial charge in [-0.05, 0) is 32.1 Å². The van der Waals surface area contributed by atoms with E-state index in [4.69, 9.17) is 0 Å². The molecule has 1 aliphatic heterocycles. The number of hydrogen-bond donors (Lipinski definition) is 2. The van der Waals surface area contributed by atoms with Crippen LogP contribution in [0.3, 0.4) is 0 Å². The number of rotatable bonds is 3. The Morgan fingerprint density at radius 3 is 2.64 bits per heavy atom. The largest absolute Gasteiger partial charge is 0.355 e. The molecule has 1 amide bonds. The number of hydrogen-bond acceptors (Lipinski definition) is 2. The fourth-order valence-electron chi connectivity index (χ4n) is 2.66. The van der Waals surface area contributed by atoms with Gasteiger partial charge in [-0.1, -0.05) is 12.8 Å². The van der Waals surface area contributed by atoms with E-state index in [0.717, 1.165) is 18.9 Å². The first-order valence-corrected chi connectivity index (χ1v) is 5.81. The predicted molar refractivity (Wildman–Crippen MR) is 56.0 cm³/mol. The lowest BCUT2D eigenvalue weighted by molar-refractivity contribution is -0.121. The van der Waals surface area contributed by atoms with Crippen molar-refractivity contribution in [1.29, 1.82) is 0 Å². The van der Waals surface area contributed by atoms with E-state index in [1.54, 1.807) is 0 Å². The zero-order valence-electron chi connectivity index (χ0n) is 8.88. The van der Waals surface area contributed by atoms with Gasteiger partial charge in [0.1, 0.15) is 0 Å². The fraction of sp³-hybridized carbons (Fsp3) is 0.909. The predicted octanol–water partition coefficient (Wildman–Crippen LogP) is 1.04. The summed E-state index contributed by atoms with van der Waals surface area (Å²) in [5.41, 5.74) is 0. The summed E-state index contributed by atoms with van der Waals surface area (Å²) in [6, 6.07) is 0.581. The minimum absolute atomic E-state index is 0.0746. The molecule has 2 rings (SSSR count). The van der Waals surface area contributed by atoms with Gasteiger partial charge in [0.2, 0.25) is 5.91 Å². The highest BCUT2D eigenvalue weighted by molar-refractivity contribution is 5.83. The first-order valence-electron chi connectivity index (χ1n) is 5.81. The third-order valence-electron chi connectivity index (χ3n) is 3.62. The van der Waals surface area contributed by atoms with Crippen molar-refractivity contribution in [3.8, 4) is 0 Å². The topological polar surface area (TPSA) is 41.1 Å². The Morgan fingerprint density at radius 2 is 2.07 bits per heavy atom. The SMILES string of the molecule is CC(NC1CCNC1=O)C1CCCC1. The summed E-state index contributed by atoms with van der Waals surface area (Å²) >= 11 is 0. The van der Waals surface area contributed by atoms with E-state index in [0.29, 0.717) is 6.04 Å². The van der Waals surface area contributed by atoms with Crippen LogP contribution in [0.25, 0.3) is 0 Å². The molecule has 0 aromatic carbocycles. The van der Waals surface area contributed by atoms with E-state index in [1.165, 1.54) is 25.7 Å². The second-order valence-electron chi connectivity index (χ2n) is 4.63. The highest BCUT2D eigenvalue weighted by Gasteiger charge is 2.28. The Balaban J connectivity index is 1.80. The van der Waals surface area contributed by atoms with E-state index in [2.05, 4.69) is 17.6 Å². The van der Waals surface area contributed by atoms with Gasteiger partial charge in [-0.25, -0.2) is 0 Å². The maximum atomic E-state index is 11.4. The minimum Gasteiger partial charge on any atom is -0.355 e. The van der Waals surface area contributed by atoms with Crippen molar-refractivity contribution < 1.29 is 4.79 Å². The van der Waals surface area contributed by atoms with Crippen molar-refractivity contribution in [3.63, 3.8) is 0 Å². The second-order valence-corrected chi connectivity index (χ2v) is 4.63. The average molecular weight is 196 g/mol. The van der Waals surface area contributed by atoms with Gasteiger partial charge < -0.3 is 10.6 Å². The maximum absolute atomic E-state index is 11.4. The Labute approximate surface area is 85.6 Å². The molecule has 2 fully saturated rings. The monoisotopic (exact) mass is 196 g/mol. The molecule has 0 aromatic heterocycles. The highest BCUT2D eigenvalue weighted by Crippen LogP contribution is 2.27. The Bertz CT molecular complexity index is 211. The van der Waals surface area contributed by atoms with E-state index >= 15 is 0 Å². The average Bonchev–Trinajstić information content (AvgIpc) is 2.77. The van der Waals surface area contributed by atoms with E-state index < -0.39 is 0 Å². The summed E-state index contributed by atoms with van der Waals surface area (Å²) in [7, 11) is 0. The summed E-state index contributed by atoms with van der Waals surface area (Å²) in [6.07, 6.45) is 6.36. The van der Waals surface area contributed by atoms with Crippen LogP contribution in [0.15, 0.2) is 0 Å². The first-order chi connectivity index (χ1) is 6.77. The van der Waals surface area contributed by atoms with Crippen LogP contribution >= 0.6 is 0 Å². The van der Waals surface area contributed by atoms with Crippen LogP contribution in [0.1, 0.15) is 39.0 Å². The summed E-state index contributed by atoms with van der Waals surface area (Å²) in [5.74, 6) is 0.984. The molecule has 3 heteroatoms. The molecule has 2 atom stereocenters. The Hall–Kier alpha value is -0.570. The number of carbonyl (C=O) groups is 1. The fourth-order valence-corrected chi connectivity index (χ4v) is 2.66. The molecule has 0 spiro atoms. The van der Waals surface area contributed by atoms with Crippen LogP contribution < -0.4 is 10.6 Å². The van der Waals surface area contributed by atoms with Crippen molar-refractivity contribution in [2.45, 2.75) is 51.1 Å². The second kappa shape index (κ2) is 4.30. The number of nitrogens with one attached hydrogen (secondary N) is 2. The zero-order valence-corrected chi connectivity index (χ0v) is 8.88. The van der Waals surface area contributed by atoms with Gasteiger partial charge in [-0.15, -0.1) is 0 Å². The molecule has 14 heavy (non-hydrogen) atoms. The molecule has 3 nitrogen and oxygen atoms in total. The molecule has 2 unspecified atom stereocenters. The summed E-state index contributed by atoms with van der Waals surface area (Å²) in [6.45, 7) is 3.06. The van der Waals surface area contributed by atoms with Crippen molar-refractivity contribution in [1.82, 2.24) is 10.6 Å².